The predicted molar refractivity (Wildman–Crippen MR) is 97.6 cm³/mol. The number of nitrogens with one attached hydrogen (secondary N) is 2. The highest BCUT2D eigenvalue weighted by Gasteiger charge is 2.21. The van der Waals surface area contributed by atoms with Crippen molar-refractivity contribution >= 4 is 11.9 Å². The van der Waals surface area contributed by atoms with Gasteiger partial charge in [0.25, 0.3) is 0 Å². The predicted octanol–water partition coefficient (Wildman–Crippen LogP) is 0.446. The fourth-order valence-electron chi connectivity index (χ4n) is 3.06. The Morgan fingerprint density at radius 1 is 1.33 bits per heavy atom. The minimum Gasteiger partial charge on any atom is -0.350 e. The number of aryl methyl sites for hydroxylation is 3. The van der Waals surface area contributed by atoms with Crippen LogP contribution in [-0.4, -0.2) is 67.3 Å². The molecule has 146 valence electrons. The lowest BCUT2D eigenvalue weighted by molar-refractivity contribution is -0.121. The summed E-state index contributed by atoms with van der Waals surface area (Å²) in [6.07, 6.45) is 1.68. The van der Waals surface area contributed by atoms with E-state index in [0.29, 0.717) is 38.3 Å². The van der Waals surface area contributed by atoms with Gasteiger partial charge in [0.15, 0.2) is 5.82 Å². The van der Waals surface area contributed by atoms with Crippen LogP contribution in [-0.2, 0) is 30.8 Å². The molecule has 0 aromatic carbocycles. The number of urea groups is 1. The number of aromatic amines is 1. The van der Waals surface area contributed by atoms with Gasteiger partial charge in [-0.2, -0.15) is 10.2 Å². The molecule has 0 unspecified atom stereocenters. The average molecular weight is 374 g/mol. The summed E-state index contributed by atoms with van der Waals surface area (Å²) in [5.41, 5.74) is 1.79. The van der Waals surface area contributed by atoms with E-state index in [0.717, 1.165) is 30.2 Å². The van der Waals surface area contributed by atoms with Crippen LogP contribution in [0.5, 0.6) is 0 Å². The molecule has 2 aromatic rings. The number of carbonyl (C=O) groups excluding carboxylic acids is 2. The summed E-state index contributed by atoms with van der Waals surface area (Å²) in [7, 11) is 3.51. The molecule has 2 N–H and O–H groups in total. The number of hydrogen-bond acceptors (Lipinski definition) is 5. The maximum Gasteiger partial charge on any atom is 0.319 e. The van der Waals surface area contributed by atoms with Gasteiger partial charge in [-0.15, -0.1) is 0 Å². The van der Waals surface area contributed by atoms with Gasteiger partial charge in [-0.3, -0.25) is 14.6 Å². The summed E-state index contributed by atoms with van der Waals surface area (Å²) in [6.45, 7) is 4.21. The van der Waals surface area contributed by atoms with Gasteiger partial charge in [0.05, 0.1) is 24.5 Å². The minimum absolute atomic E-state index is 0.00159. The van der Waals surface area contributed by atoms with Crippen molar-refractivity contribution in [3.63, 3.8) is 0 Å². The van der Waals surface area contributed by atoms with Crippen LogP contribution in [0, 0.1) is 6.92 Å². The summed E-state index contributed by atoms with van der Waals surface area (Å²) in [6, 6.07) is 1.96. The summed E-state index contributed by atoms with van der Waals surface area (Å²) < 4.78 is 1.93. The zero-order chi connectivity index (χ0) is 19.4. The second kappa shape index (κ2) is 8.19. The molecule has 27 heavy (non-hydrogen) atoms. The van der Waals surface area contributed by atoms with Crippen LogP contribution in [0.2, 0.25) is 0 Å². The largest absolute Gasteiger partial charge is 0.350 e. The lowest BCUT2D eigenvalue weighted by Crippen LogP contribution is -2.38. The topological polar surface area (TPSA) is 112 Å². The fourth-order valence-corrected chi connectivity index (χ4v) is 3.06. The molecule has 0 spiro atoms. The SMILES string of the molecule is Cc1nc(CCC(=O)NCc2cc3n(n2)CCCN(C(=O)N(C)C)C3)n[nH]1. The normalized spacial score (nSPS) is 13.8. The van der Waals surface area contributed by atoms with Gasteiger partial charge in [-0.25, -0.2) is 9.78 Å². The molecule has 10 nitrogen and oxygen atoms in total. The third-order valence-electron chi connectivity index (χ3n) is 4.40. The second-order valence-corrected chi connectivity index (χ2v) is 6.92. The zero-order valence-electron chi connectivity index (χ0n) is 16.0. The number of carbonyl (C=O) groups is 2. The Kier molecular flexibility index (Phi) is 5.72. The molecule has 3 rings (SSSR count). The van der Waals surface area contributed by atoms with E-state index in [2.05, 4.69) is 25.6 Å². The van der Waals surface area contributed by atoms with Crippen LogP contribution in [0.4, 0.5) is 4.79 Å². The summed E-state index contributed by atoms with van der Waals surface area (Å²) in [5.74, 6) is 1.32. The molecular weight excluding hydrogens is 348 g/mol. The second-order valence-electron chi connectivity index (χ2n) is 6.92. The summed E-state index contributed by atoms with van der Waals surface area (Å²) >= 11 is 0. The Morgan fingerprint density at radius 3 is 2.85 bits per heavy atom. The minimum atomic E-state index is -0.0648. The van der Waals surface area contributed by atoms with Gasteiger partial charge in [0.1, 0.15) is 5.82 Å². The van der Waals surface area contributed by atoms with Gasteiger partial charge >= 0.3 is 6.03 Å². The molecule has 10 heteroatoms. The third-order valence-corrected chi connectivity index (χ3v) is 4.40. The number of rotatable bonds is 5. The van der Waals surface area contributed by atoms with E-state index in [1.807, 2.05) is 22.6 Å². The van der Waals surface area contributed by atoms with Crippen molar-refractivity contribution in [1.29, 1.82) is 0 Å². The Bertz CT molecular complexity index is 810. The van der Waals surface area contributed by atoms with Gasteiger partial charge in [0.2, 0.25) is 5.91 Å². The fraction of sp³-hybridized carbons (Fsp3) is 0.588. The lowest BCUT2D eigenvalue weighted by Gasteiger charge is -2.23. The van der Waals surface area contributed by atoms with E-state index in [-0.39, 0.29) is 11.9 Å². The maximum absolute atomic E-state index is 12.2. The number of fused-ring (bicyclic) bond motifs is 1. The van der Waals surface area contributed by atoms with E-state index >= 15 is 0 Å². The van der Waals surface area contributed by atoms with E-state index in [9.17, 15) is 9.59 Å². The van der Waals surface area contributed by atoms with E-state index in [1.165, 1.54) is 0 Å². The molecule has 0 atom stereocenters. The highest BCUT2D eigenvalue weighted by Crippen LogP contribution is 2.15. The summed E-state index contributed by atoms with van der Waals surface area (Å²) in [5, 5.41) is 14.2. The van der Waals surface area contributed by atoms with Crippen LogP contribution >= 0.6 is 0 Å². The number of nitrogens with zero attached hydrogens (tertiary/aromatic N) is 6. The molecule has 0 saturated heterocycles. The van der Waals surface area contributed by atoms with Crippen molar-refractivity contribution in [2.24, 2.45) is 0 Å². The molecular formula is C17H26N8O2. The first-order valence-electron chi connectivity index (χ1n) is 9.09. The van der Waals surface area contributed by atoms with E-state index in [4.69, 9.17) is 0 Å². The first kappa shape index (κ1) is 18.9. The molecule has 0 saturated carbocycles. The Morgan fingerprint density at radius 2 is 2.15 bits per heavy atom. The molecule has 0 aliphatic carbocycles. The average Bonchev–Trinajstić information content (AvgIpc) is 3.17. The van der Waals surface area contributed by atoms with Crippen LogP contribution < -0.4 is 5.32 Å². The van der Waals surface area contributed by atoms with Gasteiger partial charge in [-0.05, 0) is 19.4 Å². The standard InChI is InChI=1S/C17H26N8O2/c1-12-19-15(21-20-12)5-6-16(26)18-10-13-9-14-11-24(17(27)23(2)3)7-4-8-25(14)22-13/h9H,4-8,10-11H2,1-3H3,(H,18,26)(H,19,20,21). The van der Waals surface area contributed by atoms with Crippen molar-refractivity contribution in [2.45, 2.75) is 45.8 Å². The maximum atomic E-state index is 12.2. The van der Waals surface area contributed by atoms with Gasteiger partial charge in [0, 0.05) is 40.0 Å². The highest BCUT2D eigenvalue weighted by molar-refractivity contribution is 5.76. The van der Waals surface area contributed by atoms with E-state index < -0.39 is 0 Å². The van der Waals surface area contributed by atoms with Crippen LogP contribution in [0.1, 0.15) is 35.9 Å². The lowest BCUT2D eigenvalue weighted by atomic mass is 10.2. The van der Waals surface area contributed by atoms with Crippen LogP contribution in [0.15, 0.2) is 6.07 Å². The Balaban J connectivity index is 1.52. The summed E-state index contributed by atoms with van der Waals surface area (Å²) in [4.78, 5) is 31.9. The van der Waals surface area contributed by atoms with Crippen molar-refractivity contribution in [1.82, 2.24) is 40.1 Å². The number of hydrogen-bond donors (Lipinski definition) is 2. The molecule has 1 aliphatic heterocycles. The van der Waals surface area contributed by atoms with Crippen molar-refractivity contribution < 1.29 is 9.59 Å². The van der Waals surface area contributed by atoms with Gasteiger partial charge < -0.3 is 15.1 Å². The van der Waals surface area contributed by atoms with Gasteiger partial charge in [-0.1, -0.05) is 0 Å². The molecule has 0 radical (unpaired) electrons. The first-order chi connectivity index (χ1) is 12.9. The molecule has 3 heterocycles. The van der Waals surface area contributed by atoms with Crippen molar-refractivity contribution in [3.8, 4) is 0 Å². The van der Waals surface area contributed by atoms with E-state index in [1.54, 1.807) is 19.0 Å². The molecule has 0 bridgehead atoms. The third kappa shape index (κ3) is 4.83. The highest BCUT2D eigenvalue weighted by atomic mass is 16.2. The number of aromatic nitrogens is 5. The van der Waals surface area contributed by atoms with Crippen molar-refractivity contribution in [2.75, 3.05) is 20.6 Å². The number of H-pyrrole nitrogens is 1. The monoisotopic (exact) mass is 374 g/mol. The first-order valence-corrected chi connectivity index (χ1v) is 9.09. The quantitative estimate of drug-likeness (QED) is 0.789. The van der Waals surface area contributed by atoms with Crippen molar-refractivity contribution in [3.05, 3.63) is 29.1 Å². The zero-order valence-corrected chi connectivity index (χ0v) is 16.0. The number of amides is 3. The molecule has 0 fully saturated rings. The molecule has 2 aromatic heterocycles. The Labute approximate surface area is 157 Å². The van der Waals surface area contributed by atoms with Crippen LogP contribution in [0.25, 0.3) is 0 Å². The molecule has 3 amide bonds. The van der Waals surface area contributed by atoms with Crippen LogP contribution in [0.3, 0.4) is 0 Å². The Hall–Kier alpha value is -2.91. The molecule has 1 aliphatic rings. The smallest absolute Gasteiger partial charge is 0.319 e.